The first-order valence-electron chi connectivity index (χ1n) is 10.7. The molecule has 1 aromatic carbocycles. The van der Waals surface area contributed by atoms with Gasteiger partial charge in [0, 0.05) is 89.3 Å². The molecule has 1 radical (unpaired) electrons. The average Bonchev–Trinajstić information content (AvgIpc) is 3.40. The van der Waals surface area contributed by atoms with E-state index in [2.05, 4.69) is 34.9 Å². The minimum Gasteiger partial charge on any atom is -0.307 e. The van der Waals surface area contributed by atoms with E-state index in [4.69, 9.17) is 0 Å². The number of carbonyl (C=O) groups is 1. The van der Waals surface area contributed by atoms with Crippen LogP contribution in [0.2, 0.25) is 0 Å². The summed E-state index contributed by atoms with van der Waals surface area (Å²) in [6, 6.07) is 1.89. The summed E-state index contributed by atoms with van der Waals surface area (Å²) in [6.45, 7) is 5.78. The molecule has 1 unspecified atom stereocenters. The van der Waals surface area contributed by atoms with Gasteiger partial charge in [0.05, 0.1) is 0 Å². The Bertz CT molecular complexity index is 887. The number of rotatable bonds is 5. The summed E-state index contributed by atoms with van der Waals surface area (Å²) in [5.41, 5.74) is 5.85. The van der Waals surface area contributed by atoms with Crippen LogP contribution in [0.1, 0.15) is 55.4 Å². The molecule has 1 heterocycles. The first-order valence-corrected chi connectivity index (χ1v) is 12.2. The molecule has 2 N–H and O–H groups in total. The van der Waals surface area contributed by atoms with E-state index in [0.717, 1.165) is 57.2 Å². The fourth-order valence-electron chi connectivity index (χ4n) is 5.03. The second kappa shape index (κ2) is 9.87. The predicted octanol–water partition coefficient (Wildman–Crippen LogP) is 2.06. The van der Waals surface area contributed by atoms with Crippen molar-refractivity contribution in [3.63, 3.8) is 0 Å². The minimum atomic E-state index is -3.90. The number of hydrogen-bond acceptors (Lipinski definition) is 4. The SMILES string of the molecule is CC(C)N1CCC(N(C)S(=O)(=O)NC(=O)Nc2c3c(cc4c2CCC4)CCC3)C1.[K]. The molecule has 2 amide bonds. The number of fused-ring (bicyclic) bond motifs is 2. The van der Waals surface area contributed by atoms with E-state index in [1.54, 1.807) is 7.05 Å². The number of aryl methyl sites for hydroxylation is 2. The van der Waals surface area contributed by atoms with Gasteiger partial charge < -0.3 is 5.32 Å². The fourth-order valence-corrected chi connectivity index (χ4v) is 6.02. The average molecular weight is 460 g/mol. The molecule has 0 spiro atoms. The summed E-state index contributed by atoms with van der Waals surface area (Å²) >= 11 is 0. The smallest absolute Gasteiger partial charge is 0.307 e. The van der Waals surface area contributed by atoms with Crippen molar-refractivity contribution in [2.45, 2.75) is 70.9 Å². The third-order valence-corrected chi connectivity index (χ3v) is 8.25. The van der Waals surface area contributed by atoms with Crippen molar-refractivity contribution in [1.29, 1.82) is 0 Å². The number of anilines is 1. The molecule has 1 fully saturated rings. The zero-order chi connectivity index (χ0) is 20.8. The summed E-state index contributed by atoms with van der Waals surface area (Å²) in [4.78, 5) is 14.9. The van der Waals surface area contributed by atoms with Crippen LogP contribution in [0.4, 0.5) is 10.5 Å². The molecule has 1 saturated heterocycles. The first kappa shape index (κ1) is 24.6. The first-order chi connectivity index (χ1) is 13.8. The Morgan fingerprint density at radius 1 is 1.13 bits per heavy atom. The van der Waals surface area contributed by atoms with E-state index in [0.29, 0.717) is 12.6 Å². The second-order valence-electron chi connectivity index (χ2n) is 8.84. The van der Waals surface area contributed by atoms with Gasteiger partial charge in [-0.1, -0.05) is 6.07 Å². The van der Waals surface area contributed by atoms with Crippen LogP contribution >= 0.6 is 0 Å². The maximum absolute atomic E-state index is 12.8. The Kier molecular flexibility index (Phi) is 8.10. The fraction of sp³-hybridized carbons (Fsp3) is 0.667. The number of nitrogens with zero attached hydrogens (tertiary/aromatic N) is 2. The number of benzene rings is 1. The van der Waals surface area contributed by atoms with E-state index in [-0.39, 0.29) is 57.4 Å². The molecule has 1 aliphatic heterocycles. The maximum atomic E-state index is 12.8. The molecule has 1 atom stereocenters. The molecule has 2 aliphatic carbocycles. The standard InChI is InChI=1S/C21H32N4O3S.K/c1-14(2)25-11-10-17(13-25)24(3)29(27,28)23-21(26)22-20-18-8-4-6-15(18)12-16-7-5-9-19(16)20;/h12,14,17H,4-11,13H2,1-3H3,(H2,22,23,26);. The van der Waals surface area contributed by atoms with E-state index >= 15 is 0 Å². The van der Waals surface area contributed by atoms with Crippen LogP contribution in [0.25, 0.3) is 0 Å². The zero-order valence-electron chi connectivity index (χ0n) is 18.6. The van der Waals surface area contributed by atoms with Crippen molar-refractivity contribution in [3.8, 4) is 0 Å². The van der Waals surface area contributed by atoms with Gasteiger partial charge in [-0.15, -0.1) is 0 Å². The van der Waals surface area contributed by atoms with E-state index in [1.165, 1.54) is 26.6 Å². The van der Waals surface area contributed by atoms with Gasteiger partial charge in [-0.3, -0.25) is 4.90 Å². The van der Waals surface area contributed by atoms with E-state index < -0.39 is 16.2 Å². The van der Waals surface area contributed by atoms with Crippen molar-refractivity contribution >= 4 is 73.3 Å². The maximum Gasteiger partial charge on any atom is 0.333 e. The molecule has 7 nitrogen and oxygen atoms in total. The minimum absolute atomic E-state index is 0. The predicted molar refractivity (Wildman–Crippen MR) is 120 cm³/mol. The molecule has 3 aliphatic rings. The molecule has 0 bridgehead atoms. The Morgan fingerprint density at radius 3 is 2.27 bits per heavy atom. The molecule has 4 rings (SSSR count). The molecular weight excluding hydrogens is 427 g/mol. The van der Waals surface area contributed by atoms with Crippen molar-refractivity contribution in [1.82, 2.24) is 13.9 Å². The van der Waals surface area contributed by atoms with Crippen LogP contribution in [0.3, 0.4) is 0 Å². The molecule has 30 heavy (non-hydrogen) atoms. The van der Waals surface area contributed by atoms with Crippen molar-refractivity contribution in [3.05, 3.63) is 28.3 Å². The van der Waals surface area contributed by atoms with Crippen molar-refractivity contribution in [2.75, 3.05) is 25.5 Å². The topological polar surface area (TPSA) is 81.8 Å². The molecule has 161 valence electrons. The normalized spacial score (nSPS) is 20.9. The van der Waals surface area contributed by atoms with Gasteiger partial charge in [-0.05, 0) is 81.0 Å². The zero-order valence-corrected chi connectivity index (χ0v) is 22.6. The van der Waals surface area contributed by atoms with Gasteiger partial charge >= 0.3 is 16.2 Å². The number of amides is 2. The number of carbonyl (C=O) groups excluding carboxylic acids is 1. The van der Waals surface area contributed by atoms with E-state index in [9.17, 15) is 13.2 Å². The Labute approximate surface area is 222 Å². The summed E-state index contributed by atoms with van der Waals surface area (Å²) in [5, 5.41) is 2.90. The van der Waals surface area contributed by atoms with Crippen LogP contribution in [-0.2, 0) is 35.9 Å². The molecule has 9 heteroatoms. The summed E-state index contributed by atoms with van der Waals surface area (Å²) < 4.78 is 29.1. The number of likely N-dealkylation sites (tertiary alicyclic amines) is 1. The Balaban J connectivity index is 0.00000256. The molecule has 0 aromatic heterocycles. The summed E-state index contributed by atoms with van der Waals surface area (Å²) in [5.74, 6) is 0. The van der Waals surface area contributed by atoms with Gasteiger partial charge in [0.2, 0.25) is 0 Å². The van der Waals surface area contributed by atoms with Crippen LogP contribution in [0, 0.1) is 0 Å². The molecular formula is C21H32KN4O3S. The van der Waals surface area contributed by atoms with Crippen molar-refractivity contribution < 1.29 is 13.2 Å². The van der Waals surface area contributed by atoms with E-state index in [1.807, 2.05) is 0 Å². The summed E-state index contributed by atoms with van der Waals surface area (Å²) in [6.07, 6.45) is 6.90. The second-order valence-corrected chi connectivity index (χ2v) is 10.6. The van der Waals surface area contributed by atoms with Crippen molar-refractivity contribution in [2.24, 2.45) is 0 Å². The molecule has 0 saturated carbocycles. The van der Waals surface area contributed by atoms with Crippen LogP contribution in [0.15, 0.2) is 6.07 Å². The van der Waals surface area contributed by atoms with Crippen LogP contribution < -0.4 is 10.0 Å². The number of likely N-dealkylation sites (N-methyl/N-ethyl adjacent to an activating group) is 1. The Morgan fingerprint density at radius 2 is 1.73 bits per heavy atom. The quantitative estimate of drug-likeness (QED) is 0.661. The third-order valence-electron chi connectivity index (χ3n) is 6.75. The van der Waals surface area contributed by atoms with Gasteiger partial charge in [0.1, 0.15) is 0 Å². The summed E-state index contributed by atoms with van der Waals surface area (Å²) in [7, 11) is -2.34. The number of urea groups is 1. The number of nitrogens with one attached hydrogen (secondary N) is 2. The van der Waals surface area contributed by atoms with Gasteiger partial charge in [0.25, 0.3) is 0 Å². The van der Waals surface area contributed by atoms with Gasteiger partial charge in [0.15, 0.2) is 0 Å². The van der Waals surface area contributed by atoms with Gasteiger partial charge in [-0.25, -0.2) is 9.52 Å². The Hall–Kier alpha value is -0.00364. The third kappa shape index (κ3) is 4.98. The van der Waals surface area contributed by atoms with Gasteiger partial charge in [-0.2, -0.15) is 12.7 Å². The number of hydrogen-bond donors (Lipinski definition) is 2. The monoisotopic (exact) mass is 459 g/mol. The molecule has 1 aromatic rings. The largest absolute Gasteiger partial charge is 0.333 e. The van der Waals surface area contributed by atoms with Crippen LogP contribution in [0.5, 0.6) is 0 Å². The van der Waals surface area contributed by atoms with Crippen LogP contribution in [-0.4, -0.2) is 107 Å².